The van der Waals surface area contributed by atoms with Crippen LogP contribution in [0.25, 0.3) is 0 Å². The summed E-state index contributed by atoms with van der Waals surface area (Å²) in [5.41, 5.74) is -0.284. The monoisotopic (exact) mass is 388 g/mol. The third kappa shape index (κ3) is 3.93. The minimum Gasteiger partial charge on any atom is -0.467 e. The zero-order valence-electron chi connectivity index (χ0n) is 16.3. The fourth-order valence-corrected chi connectivity index (χ4v) is 5.76. The molecular formula is C21H28N2O5. The number of amides is 2. The molecule has 4 aliphatic carbocycles. The maximum atomic E-state index is 12.8. The average molecular weight is 388 g/mol. The smallest absolute Gasteiger partial charge is 0.325 e. The molecule has 0 unspecified atom stereocenters. The maximum Gasteiger partial charge on any atom is 0.325 e. The van der Waals surface area contributed by atoms with Crippen molar-refractivity contribution in [3.8, 4) is 0 Å². The molecule has 0 aromatic carbocycles. The number of nitrogens with zero attached hydrogens (tertiary/aromatic N) is 1. The zero-order chi connectivity index (χ0) is 19.7. The predicted octanol–water partition coefficient (Wildman–Crippen LogP) is 2.11. The molecule has 152 valence electrons. The van der Waals surface area contributed by atoms with Crippen LogP contribution >= 0.6 is 0 Å². The first-order valence-corrected chi connectivity index (χ1v) is 10.1. The Bertz CT molecular complexity index is 707. The molecule has 4 fully saturated rings. The van der Waals surface area contributed by atoms with Gasteiger partial charge in [0, 0.05) is 12.5 Å². The molecule has 0 atom stereocenters. The van der Waals surface area contributed by atoms with Crippen molar-refractivity contribution in [3.63, 3.8) is 0 Å². The number of carbonyl (C=O) groups excluding carboxylic acids is 3. The first-order valence-electron chi connectivity index (χ1n) is 10.1. The van der Waals surface area contributed by atoms with Crippen molar-refractivity contribution in [3.05, 3.63) is 24.2 Å². The fraction of sp³-hybridized carbons (Fsp3) is 0.667. The van der Waals surface area contributed by atoms with E-state index in [1.807, 2.05) is 0 Å². The lowest BCUT2D eigenvalue weighted by Crippen LogP contribution is -2.54. The Morgan fingerprint density at radius 2 is 1.82 bits per heavy atom. The maximum absolute atomic E-state index is 12.8. The van der Waals surface area contributed by atoms with Gasteiger partial charge in [-0.1, -0.05) is 0 Å². The van der Waals surface area contributed by atoms with Crippen molar-refractivity contribution < 1.29 is 23.5 Å². The van der Waals surface area contributed by atoms with Gasteiger partial charge in [-0.3, -0.25) is 14.4 Å². The molecule has 2 amide bonds. The second kappa shape index (κ2) is 7.60. The van der Waals surface area contributed by atoms with Crippen LogP contribution in [0.5, 0.6) is 0 Å². The molecule has 4 saturated carbocycles. The van der Waals surface area contributed by atoms with Crippen molar-refractivity contribution in [2.75, 3.05) is 20.2 Å². The van der Waals surface area contributed by atoms with Gasteiger partial charge in [0.1, 0.15) is 12.3 Å². The molecule has 1 heterocycles. The van der Waals surface area contributed by atoms with Gasteiger partial charge in [0.2, 0.25) is 5.91 Å². The number of esters is 1. The summed E-state index contributed by atoms with van der Waals surface area (Å²) in [6.07, 6.45) is 8.20. The van der Waals surface area contributed by atoms with Crippen molar-refractivity contribution in [1.82, 2.24) is 10.2 Å². The Labute approximate surface area is 164 Å². The fourth-order valence-electron chi connectivity index (χ4n) is 5.76. The van der Waals surface area contributed by atoms with Crippen molar-refractivity contribution >= 4 is 17.8 Å². The van der Waals surface area contributed by atoms with Crippen LogP contribution in [-0.4, -0.2) is 42.9 Å². The van der Waals surface area contributed by atoms with E-state index in [1.165, 1.54) is 24.2 Å². The Morgan fingerprint density at radius 3 is 2.39 bits per heavy atom. The van der Waals surface area contributed by atoms with Crippen LogP contribution in [0.1, 0.15) is 44.3 Å². The van der Waals surface area contributed by atoms with E-state index >= 15 is 0 Å². The summed E-state index contributed by atoms with van der Waals surface area (Å²) in [5.74, 6) is 1.76. The number of hydrogen-bond donors (Lipinski definition) is 1. The van der Waals surface area contributed by atoms with E-state index in [9.17, 15) is 14.4 Å². The molecule has 5 rings (SSSR count). The highest BCUT2D eigenvalue weighted by Gasteiger charge is 2.54. The summed E-state index contributed by atoms with van der Waals surface area (Å²) in [5, 5.41) is 2.78. The van der Waals surface area contributed by atoms with E-state index < -0.39 is 5.97 Å². The van der Waals surface area contributed by atoms with Gasteiger partial charge in [-0.05, 0) is 68.4 Å². The number of hydrogen-bond acceptors (Lipinski definition) is 5. The van der Waals surface area contributed by atoms with Crippen LogP contribution in [0.4, 0.5) is 0 Å². The van der Waals surface area contributed by atoms with Gasteiger partial charge in [-0.15, -0.1) is 0 Å². The lowest BCUT2D eigenvalue weighted by atomic mass is 9.49. The lowest BCUT2D eigenvalue weighted by Gasteiger charge is -2.55. The van der Waals surface area contributed by atoms with Gasteiger partial charge in [0.05, 0.1) is 12.8 Å². The molecule has 7 heteroatoms. The second-order valence-electron chi connectivity index (χ2n) is 8.87. The summed E-state index contributed by atoms with van der Waals surface area (Å²) in [7, 11) is 1.62. The van der Waals surface area contributed by atoms with Gasteiger partial charge in [0.25, 0.3) is 5.91 Å². The van der Waals surface area contributed by atoms with Crippen LogP contribution in [-0.2, 0) is 25.7 Å². The number of ether oxygens (including phenoxy) is 1. The summed E-state index contributed by atoms with van der Waals surface area (Å²) in [4.78, 5) is 38.3. The van der Waals surface area contributed by atoms with E-state index in [-0.39, 0.29) is 30.4 Å². The number of furan rings is 1. The van der Waals surface area contributed by atoms with E-state index in [0.29, 0.717) is 30.1 Å². The van der Waals surface area contributed by atoms with Crippen molar-refractivity contribution in [2.24, 2.45) is 23.2 Å². The normalized spacial score (nSPS) is 30.1. The van der Waals surface area contributed by atoms with Gasteiger partial charge in [-0.2, -0.15) is 0 Å². The first-order chi connectivity index (χ1) is 13.4. The molecule has 7 nitrogen and oxygen atoms in total. The second-order valence-corrected chi connectivity index (χ2v) is 8.87. The third-order valence-corrected chi connectivity index (χ3v) is 6.67. The van der Waals surface area contributed by atoms with Gasteiger partial charge in [-0.25, -0.2) is 0 Å². The minimum absolute atomic E-state index is 0.00943. The molecular weight excluding hydrogens is 360 g/mol. The lowest BCUT2D eigenvalue weighted by molar-refractivity contribution is -0.154. The molecule has 0 saturated heterocycles. The Balaban J connectivity index is 1.20. The highest BCUT2D eigenvalue weighted by Crippen LogP contribution is 2.60. The molecule has 0 spiro atoms. The summed E-state index contributed by atoms with van der Waals surface area (Å²) < 4.78 is 10.2. The molecule has 0 aliphatic heterocycles. The van der Waals surface area contributed by atoms with Gasteiger partial charge >= 0.3 is 5.97 Å². The quantitative estimate of drug-likeness (QED) is 0.723. The minimum atomic E-state index is -0.585. The van der Waals surface area contributed by atoms with Crippen LogP contribution < -0.4 is 5.32 Å². The van der Waals surface area contributed by atoms with E-state index in [4.69, 9.17) is 9.15 Å². The molecule has 4 aliphatic rings. The average Bonchev–Trinajstić information content (AvgIpc) is 3.16. The molecule has 1 aromatic rings. The highest BCUT2D eigenvalue weighted by atomic mass is 16.5. The standard InChI is InChI=1S/C21H28N2O5/c1-23(12-17-3-2-4-27-17)18(24)13-28-19(25)11-22-20(26)21-8-14-5-15(9-21)7-16(6-14)10-21/h2-4,14-16H,5-13H2,1H3,(H,22,26). The molecule has 0 radical (unpaired) electrons. The Kier molecular flexibility index (Phi) is 5.17. The molecule has 4 bridgehead atoms. The van der Waals surface area contributed by atoms with Crippen molar-refractivity contribution in [2.45, 2.75) is 45.1 Å². The van der Waals surface area contributed by atoms with Crippen LogP contribution in [0.15, 0.2) is 22.8 Å². The molecule has 1 aromatic heterocycles. The van der Waals surface area contributed by atoms with Crippen LogP contribution in [0.3, 0.4) is 0 Å². The van der Waals surface area contributed by atoms with E-state index in [0.717, 1.165) is 19.3 Å². The topological polar surface area (TPSA) is 88.8 Å². The summed E-state index contributed by atoms with van der Waals surface area (Å²) in [6.45, 7) is -0.217. The molecule has 28 heavy (non-hydrogen) atoms. The largest absolute Gasteiger partial charge is 0.467 e. The van der Waals surface area contributed by atoms with Gasteiger partial charge in [0.15, 0.2) is 6.61 Å². The Hall–Kier alpha value is -2.31. The molecule has 1 N–H and O–H groups in total. The predicted molar refractivity (Wildman–Crippen MR) is 99.8 cm³/mol. The Morgan fingerprint density at radius 1 is 1.18 bits per heavy atom. The number of likely N-dealkylation sites (N-methyl/N-ethyl adjacent to an activating group) is 1. The van der Waals surface area contributed by atoms with E-state index in [1.54, 1.807) is 25.4 Å². The number of nitrogens with one attached hydrogen (secondary N) is 1. The first kappa shape index (κ1) is 19.0. The van der Waals surface area contributed by atoms with Crippen molar-refractivity contribution in [1.29, 1.82) is 0 Å². The van der Waals surface area contributed by atoms with Crippen LogP contribution in [0, 0.1) is 23.2 Å². The summed E-state index contributed by atoms with van der Waals surface area (Å²) in [6, 6.07) is 3.52. The third-order valence-electron chi connectivity index (χ3n) is 6.67. The van der Waals surface area contributed by atoms with E-state index in [2.05, 4.69) is 5.32 Å². The van der Waals surface area contributed by atoms with Crippen LogP contribution in [0.2, 0.25) is 0 Å². The SMILES string of the molecule is CN(Cc1ccco1)C(=O)COC(=O)CNC(=O)C12CC3CC(CC(C3)C1)C2. The zero-order valence-corrected chi connectivity index (χ0v) is 16.3. The van der Waals surface area contributed by atoms with Gasteiger partial charge < -0.3 is 19.4 Å². The summed E-state index contributed by atoms with van der Waals surface area (Å²) >= 11 is 0. The number of rotatable bonds is 7. The number of carbonyl (C=O) groups is 3. The highest BCUT2D eigenvalue weighted by molar-refractivity contribution is 5.87.